The van der Waals surface area contributed by atoms with Gasteiger partial charge in [-0.2, -0.15) is 0 Å². The van der Waals surface area contributed by atoms with Gasteiger partial charge in [0.15, 0.2) is 0 Å². The van der Waals surface area contributed by atoms with Crippen molar-refractivity contribution in [2.75, 3.05) is 25.1 Å². The van der Waals surface area contributed by atoms with Crippen molar-refractivity contribution in [3.05, 3.63) is 74.7 Å². The fourth-order valence-electron chi connectivity index (χ4n) is 7.68. The zero-order chi connectivity index (χ0) is 38.3. The fourth-order valence-corrected chi connectivity index (χ4v) is 9.71. The standard InChI is InChI=1S/C27H36N2O5S.C15H21NO2/c1-17-18(2)25(19(3)22-16-27(4,5)34-24(17)22)35(31,32)29-15-9-10-20-13-14-21(28-26(20)29)11-7-8-12-23(30)33-6;1-18-15(17)9-5-3-7-13-11-10-12-6-2-4-8-14(12)16-13/h13-14H,7-12,15-16H2,1-6H3;10-11H,2-9H2,1H3. The molecule has 0 saturated carbocycles. The topological polar surface area (TPSA) is 125 Å². The van der Waals surface area contributed by atoms with Gasteiger partial charge in [-0.1, -0.05) is 12.1 Å². The first kappa shape index (κ1) is 40.2. The number of benzene rings is 1. The van der Waals surface area contributed by atoms with E-state index in [1.54, 1.807) is 0 Å². The number of aromatic nitrogens is 2. The van der Waals surface area contributed by atoms with Crippen molar-refractivity contribution < 1.29 is 32.2 Å². The minimum Gasteiger partial charge on any atom is -0.487 e. The average molecular weight is 748 g/mol. The third kappa shape index (κ3) is 9.58. The average Bonchev–Trinajstić information content (AvgIpc) is 3.49. The van der Waals surface area contributed by atoms with Crippen molar-refractivity contribution in [3.8, 4) is 5.75 Å². The Balaban J connectivity index is 0.000000252. The number of unbranched alkanes of at least 4 members (excludes halogenated alkanes) is 2. The molecule has 0 saturated heterocycles. The van der Waals surface area contributed by atoms with Gasteiger partial charge in [-0.15, -0.1) is 0 Å². The van der Waals surface area contributed by atoms with E-state index in [0.29, 0.717) is 49.4 Å². The lowest BCUT2D eigenvalue weighted by Gasteiger charge is -2.31. The molecule has 0 amide bonds. The molecule has 0 fully saturated rings. The molecule has 2 aromatic heterocycles. The van der Waals surface area contributed by atoms with E-state index in [2.05, 4.69) is 16.9 Å². The number of aryl methyl sites for hydroxylation is 5. The van der Waals surface area contributed by atoms with Crippen molar-refractivity contribution in [3.63, 3.8) is 0 Å². The molecule has 0 N–H and O–H groups in total. The summed E-state index contributed by atoms with van der Waals surface area (Å²) in [5.74, 6) is 1.03. The lowest BCUT2D eigenvalue weighted by Crippen LogP contribution is -2.37. The number of methoxy groups -OCH3 is 2. The smallest absolute Gasteiger partial charge is 0.305 e. The van der Waals surface area contributed by atoms with Crippen LogP contribution >= 0.6 is 0 Å². The number of fused-ring (bicyclic) bond motifs is 3. The van der Waals surface area contributed by atoms with Crippen molar-refractivity contribution in [2.45, 2.75) is 141 Å². The number of ether oxygens (including phenoxy) is 3. The van der Waals surface area contributed by atoms with Gasteiger partial charge < -0.3 is 14.2 Å². The summed E-state index contributed by atoms with van der Waals surface area (Å²) in [5.41, 5.74) is 8.73. The lowest BCUT2D eigenvalue weighted by molar-refractivity contribution is -0.141. The first-order valence-electron chi connectivity index (χ1n) is 19.2. The van der Waals surface area contributed by atoms with Gasteiger partial charge in [0.2, 0.25) is 0 Å². The van der Waals surface area contributed by atoms with E-state index in [0.717, 1.165) is 84.2 Å². The highest BCUT2D eigenvalue weighted by molar-refractivity contribution is 7.93. The summed E-state index contributed by atoms with van der Waals surface area (Å²) in [6.07, 6.45) is 13.0. The third-order valence-electron chi connectivity index (χ3n) is 10.7. The van der Waals surface area contributed by atoms with Crippen molar-refractivity contribution in [1.29, 1.82) is 0 Å². The van der Waals surface area contributed by atoms with Gasteiger partial charge in [-0.25, -0.2) is 17.7 Å². The van der Waals surface area contributed by atoms with Crippen LogP contribution in [0.4, 0.5) is 5.82 Å². The van der Waals surface area contributed by atoms with Gasteiger partial charge in [-0.3, -0.25) is 14.6 Å². The Morgan fingerprint density at radius 2 is 1.36 bits per heavy atom. The maximum Gasteiger partial charge on any atom is 0.305 e. The molecular formula is C42H57N3O7S. The number of carbonyl (C=O) groups is 2. The second-order valence-corrected chi connectivity index (χ2v) is 17.0. The molecule has 0 unspecified atom stereocenters. The number of anilines is 1. The molecular weight excluding hydrogens is 691 g/mol. The molecule has 288 valence electrons. The predicted molar refractivity (Wildman–Crippen MR) is 206 cm³/mol. The van der Waals surface area contributed by atoms with E-state index in [4.69, 9.17) is 19.4 Å². The molecule has 0 spiro atoms. The highest BCUT2D eigenvalue weighted by Crippen LogP contribution is 2.45. The van der Waals surface area contributed by atoms with E-state index < -0.39 is 10.0 Å². The summed E-state index contributed by atoms with van der Waals surface area (Å²) in [6.45, 7) is 10.2. The van der Waals surface area contributed by atoms with Gasteiger partial charge in [0.05, 0.1) is 19.1 Å². The van der Waals surface area contributed by atoms with E-state index in [1.807, 2.05) is 46.8 Å². The van der Waals surface area contributed by atoms with Crippen LogP contribution in [0.25, 0.3) is 0 Å². The van der Waals surface area contributed by atoms with Crippen LogP contribution in [0.2, 0.25) is 0 Å². The van der Waals surface area contributed by atoms with Crippen LogP contribution in [0.15, 0.2) is 29.2 Å². The number of rotatable bonds is 12. The first-order valence-corrected chi connectivity index (χ1v) is 20.6. The van der Waals surface area contributed by atoms with Crippen molar-refractivity contribution >= 4 is 27.8 Å². The second-order valence-electron chi connectivity index (χ2n) is 15.2. The summed E-state index contributed by atoms with van der Waals surface area (Å²) in [4.78, 5) is 32.3. The molecule has 10 nitrogen and oxygen atoms in total. The van der Waals surface area contributed by atoms with Gasteiger partial charge in [0.1, 0.15) is 17.2 Å². The Morgan fingerprint density at radius 1 is 0.774 bits per heavy atom. The fraction of sp³-hybridized carbons (Fsp3) is 0.571. The number of carbonyl (C=O) groups excluding carboxylic acids is 2. The van der Waals surface area contributed by atoms with Gasteiger partial charge in [-0.05, 0) is 152 Å². The summed E-state index contributed by atoms with van der Waals surface area (Å²) < 4.78 is 45.4. The molecule has 2 aliphatic heterocycles. The Kier molecular flexibility index (Phi) is 13.2. The quantitative estimate of drug-likeness (QED) is 0.136. The van der Waals surface area contributed by atoms with E-state index >= 15 is 0 Å². The van der Waals surface area contributed by atoms with Crippen LogP contribution in [0.3, 0.4) is 0 Å². The third-order valence-corrected chi connectivity index (χ3v) is 12.8. The molecule has 1 aliphatic carbocycles. The van der Waals surface area contributed by atoms with Crippen molar-refractivity contribution in [2.24, 2.45) is 0 Å². The molecule has 0 atom stereocenters. The zero-order valence-corrected chi connectivity index (χ0v) is 33.5. The number of nitrogens with zero attached hydrogens (tertiary/aromatic N) is 3. The molecule has 1 aromatic carbocycles. The lowest BCUT2D eigenvalue weighted by atomic mass is 9.94. The Bertz CT molecular complexity index is 1920. The number of pyridine rings is 2. The van der Waals surface area contributed by atoms with E-state index in [-0.39, 0.29) is 17.5 Å². The highest BCUT2D eigenvalue weighted by atomic mass is 32.2. The normalized spacial score (nSPS) is 15.6. The summed E-state index contributed by atoms with van der Waals surface area (Å²) >= 11 is 0. The SMILES string of the molecule is COC(=O)CCCCc1ccc2c(n1)CCCC2.COC(=O)CCCCc1ccc2c(n1)N(S(=O)(=O)c1c(C)c(C)c3c(c1C)CC(C)(C)O3)CCC2. The number of hydrogen-bond acceptors (Lipinski definition) is 9. The molecule has 0 bridgehead atoms. The largest absolute Gasteiger partial charge is 0.487 e. The molecule has 4 heterocycles. The van der Waals surface area contributed by atoms with E-state index in [9.17, 15) is 18.0 Å². The predicted octanol–water partition coefficient (Wildman–Crippen LogP) is 7.59. The van der Waals surface area contributed by atoms with Crippen LogP contribution in [0.5, 0.6) is 5.75 Å². The summed E-state index contributed by atoms with van der Waals surface area (Å²) in [6, 6.07) is 8.35. The van der Waals surface area contributed by atoms with Crippen LogP contribution in [0.1, 0.15) is 122 Å². The van der Waals surface area contributed by atoms with Crippen LogP contribution in [0, 0.1) is 20.8 Å². The van der Waals surface area contributed by atoms with Gasteiger partial charge >= 0.3 is 11.9 Å². The van der Waals surface area contributed by atoms with Crippen molar-refractivity contribution in [1.82, 2.24) is 9.97 Å². The number of hydrogen-bond donors (Lipinski definition) is 0. The monoisotopic (exact) mass is 747 g/mol. The summed E-state index contributed by atoms with van der Waals surface area (Å²) in [7, 11) is -0.992. The van der Waals surface area contributed by atoms with Crippen LogP contribution in [-0.2, 0) is 67.6 Å². The van der Waals surface area contributed by atoms with Gasteiger partial charge in [0, 0.05) is 48.5 Å². The van der Waals surface area contributed by atoms with Crippen LogP contribution in [-0.4, -0.2) is 56.7 Å². The van der Waals surface area contributed by atoms with Gasteiger partial charge in [0.25, 0.3) is 10.0 Å². The van der Waals surface area contributed by atoms with E-state index in [1.165, 1.54) is 54.7 Å². The molecule has 53 heavy (non-hydrogen) atoms. The second kappa shape index (κ2) is 17.4. The molecule has 6 rings (SSSR count). The maximum absolute atomic E-state index is 14.2. The molecule has 3 aromatic rings. The minimum absolute atomic E-state index is 0.117. The van der Waals surface area contributed by atoms with Crippen LogP contribution < -0.4 is 9.04 Å². The summed E-state index contributed by atoms with van der Waals surface area (Å²) in [5, 5.41) is 0. The molecule has 0 radical (unpaired) electrons. The molecule has 11 heteroatoms. The maximum atomic E-state index is 14.2. The number of sulfonamides is 1. The Hall–Kier alpha value is -3.99. The Labute approximate surface area is 316 Å². The zero-order valence-electron chi connectivity index (χ0n) is 32.7. The highest BCUT2D eigenvalue weighted by Gasteiger charge is 2.39. The number of esters is 2. The minimum atomic E-state index is -3.82. The Morgan fingerprint density at radius 3 is 2.00 bits per heavy atom. The molecule has 3 aliphatic rings. The first-order chi connectivity index (χ1) is 25.3.